The molecule has 0 spiro atoms. The predicted molar refractivity (Wildman–Crippen MR) is 62.0 cm³/mol. The Bertz CT molecular complexity index is 259. The summed E-state index contributed by atoms with van der Waals surface area (Å²) < 4.78 is 0. The predicted octanol–water partition coefficient (Wildman–Crippen LogP) is 1.48. The smallest absolute Gasteiger partial charge is 0.220 e. The van der Waals surface area contributed by atoms with Crippen LogP contribution >= 0.6 is 0 Å². The van der Waals surface area contributed by atoms with Gasteiger partial charge < -0.3 is 5.32 Å². The topological polar surface area (TPSA) is 63.2 Å². The minimum Gasteiger partial charge on any atom is -0.349 e. The van der Waals surface area contributed by atoms with E-state index in [9.17, 15) is 14.4 Å². The van der Waals surface area contributed by atoms with Crippen LogP contribution in [0, 0.1) is 5.92 Å². The SMILES string of the molecule is CC(=O)CNC(=O)CCCCC(=O)C(C)C. The number of amides is 1. The van der Waals surface area contributed by atoms with Gasteiger partial charge in [0.25, 0.3) is 0 Å². The van der Waals surface area contributed by atoms with Crippen LogP contribution < -0.4 is 5.32 Å². The third-order valence-corrected chi connectivity index (χ3v) is 2.26. The molecular formula is C12H21NO3. The van der Waals surface area contributed by atoms with Crippen molar-refractivity contribution in [1.82, 2.24) is 5.32 Å². The van der Waals surface area contributed by atoms with Gasteiger partial charge in [0, 0.05) is 18.8 Å². The number of nitrogens with one attached hydrogen (secondary N) is 1. The van der Waals surface area contributed by atoms with Crippen molar-refractivity contribution in [2.45, 2.75) is 46.5 Å². The van der Waals surface area contributed by atoms with Gasteiger partial charge in [-0.1, -0.05) is 13.8 Å². The van der Waals surface area contributed by atoms with Crippen LogP contribution in [0.4, 0.5) is 0 Å². The highest BCUT2D eigenvalue weighted by molar-refractivity contribution is 5.84. The highest BCUT2D eigenvalue weighted by Crippen LogP contribution is 2.05. The van der Waals surface area contributed by atoms with Gasteiger partial charge in [-0.05, 0) is 19.8 Å². The van der Waals surface area contributed by atoms with Gasteiger partial charge in [-0.2, -0.15) is 0 Å². The molecule has 4 heteroatoms. The maximum Gasteiger partial charge on any atom is 0.220 e. The second-order valence-corrected chi connectivity index (χ2v) is 4.31. The summed E-state index contributed by atoms with van der Waals surface area (Å²) in [5.74, 6) is 0.145. The number of hydrogen-bond acceptors (Lipinski definition) is 3. The second-order valence-electron chi connectivity index (χ2n) is 4.31. The van der Waals surface area contributed by atoms with Crippen LogP contribution in [0.2, 0.25) is 0 Å². The monoisotopic (exact) mass is 227 g/mol. The fraction of sp³-hybridized carbons (Fsp3) is 0.750. The molecule has 0 aliphatic rings. The summed E-state index contributed by atoms with van der Waals surface area (Å²) in [6.45, 7) is 5.29. The summed E-state index contributed by atoms with van der Waals surface area (Å²) in [7, 11) is 0. The Morgan fingerprint density at radius 1 is 1.06 bits per heavy atom. The number of carbonyl (C=O) groups is 3. The van der Waals surface area contributed by atoms with Crippen LogP contribution in [0.15, 0.2) is 0 Å². The summed E-state index contributed by atoms with van der Waals surface area (Å²) in [5, 5.41) is 2.52. The summed E-state index contributed by atoms with van der Waals surface area (Å²) in [6.07, 6.45) is 2.36. The lowest BCUT2D eigenvalue weighted by molar-refractivity contribution is -0.124. The molecule has 0 rings (SSSR count). The number of Topliss-reactive ketones (excluding diaryl/α,β-unsaturated/α-hetero) is 2. The minimum atomic E-state index is -0.118. The third-order valence-electron chi connectivity index (χ3n) is 2.26. The van der Waals surface area contributed by atoms with Crippen molar-refractivity contribution in [3.05, 3.63) is 0 Å². The third kappa shape index (κ3) is 8.15. The zero-order valence-electron chi connectivity index (χ0n) is 10.3. The molecule has 0 radical (unpaired) electrons. The Balaban J connectivity index is 3.48. The molecule has 0 aromatic heterocycles. The average molecular weight is 227 g/mol. The molecule has 0 unspecified atom stereocenters. The number of carbonyl (C=O) groups excluding carboxylic acids is 3. The van der Waals surface area contributed by atoms with E-state index >= 15 is 0 Å². The Hall–Kier alpha value is -1.19. The van der Waals surface area contributed by atoms with E-state index in [1.807, 2.05) is 13.8 Å². The van der Waals surface area contributed by atoms with Crippen molar-refractivity contribution in [2.24, 2.45) is 5.92 Å². The van der Waals surface area contributed by atoms with Crippen molar-refractivity contribution in [2.75, 3.05) is 6.54 Å². The first-order chi connectivity index (χ1) is 7.43. The van der Waals surface area contributed by atoms with Crippen LogP contribution in [0.3, 0.4) is 0 Å². The Kier molecular flexibility index (Phi) is 7.42. The molecule has 0 aliphatic heterocycles. The van der Waals surface area contributed by atoms with Gasteiger partial charge >= 0.3 is 0 Å². The fourth-order valence-electron chi connectivity index (χ4n) is 1.18. The highest BCUT2D eigenvalue weighted by Gasteiger charge is 2.07. The van der Waals surface area contributed by atoms with Gasteiger partial charge in [0.15, 0.2) is 0 Å². The number of rotatable bonds is 8. The molecule has 1 N–H and O–H groups in total. The van der Waals surface area contributed by atoms with Gasteiger partial charge in [0.2, 0.25) is 5.91 Å². The summed E-state index contributed by atoms with van der Waals surface area (Å²) >= 11 is 0. The van der Waals surface area contributed by atoms with E-state index in [0.29, 0.717) is 19.3 Å². The molecule has 0 aromatic rings. The number of hydrogen-bond donors (Lipinski definition) is 1. The number of unbranched alkanes of at least 4 members (excludes halogenated alkanes) is 1. The normalized spacial score (nSPS) is 10.2. The summed E-state index contributed by atoms with van der Waals surface area (Å²) in [6, 6.07) is 0. The van der Waals surface area contributed by atoms with E-state index in [4.69, 9.17) is 0 Å². The van der Waals surface area contributed by atoms with Crippen molar-refractivity contribution < 1.29 is 14.4 Å². The number of ketones is 2. The first kappa shape index (κ1) is 14.8. The Labute approximate surface area is 96.8 Å². The van der Waals surface area contributed by atoms with E-state index in [0.717, 1.165) is 6.42 Å². The molecule has 0 bridgehead atoms. The first-order valence-electron chi connectivity index (χ1n) is 5.72. The van der Waals surface area contributed by atoms with Crippen molar-refractivity contribution in [3.63, 3.8) is 0 Å². The zero-order valence-corrected chi connectivity index (χ0v) is 10.3. The molecule has 0 atom stereocenters. The van der Waals surface area contributed by atoms with E-state index in [1.165, 1.54) is 6.92 Å². The van der Waals surface area contributed by atoms with Crippen molar-refractivity contribution >= 4 is 17.5 Å². The molecule has 0 fully saturated rings. The molecular weight excluding hydrogens is 206 g/mol. The molecule has 4 nitrogen and oxygen atoms in total. The van der Waals surface area contributed by atoms with Gasteiger partial charge in [0.05, 0.1) is 6.54 Å². The maximum absolute atomic E-state index is 11.3. The Morgan fingerprint density at radius 3 is 2.12 bits per heavy atom. The molecule has 0 saturated carbocycles. The van der Waals surface area contributed by atoms with Crippen molar-refractivity contribution in [3.8, 4) is 0 Å². The average Bonchev–Trinajstić information content (AvgIpc) is 2.20. The van der Waals surface area contributed by atoms with E-state index in [-0.39, 0.29) is 29.9 Å². The first-order valence-corrected chi connectivity index (χ1v) is 5.72. The van der Waals surface area contributed by atoms with Gasteiger partial charge in [-0.3, -0.25) is 14.4 Å². The summed E-state index contributed by atoms with van der Waals surface area (Å²) in [5.41, 5.74) is 0. The fourth-order valence-corrected chi connectivity index (χ4v) is 1.18. The molecule has 0 saturated heterocycles. The van der Waals surface area contributed by atoms with E-state index in [1.54, 1.807) is 0 Å². The largest absolute Gasteiger partial charge is 0.349 e. The Morgan fingerprint density at radius 2 is 1.62 bits per heavy atom. The van der Waals surface area contributed by atoms with Crippen LogP contribution in [-0.4, -0.2) is 24.0 Å². The van der Waals surface area contributed by atoms with Gasteiger partial charge in [-0.25, -0.2) is 0 Å². The van der Waals surface area contributed by atoms with Crippen LogP contribution in [-0.2, 0) is 14.4 Å². The van der Waals surface area contributed by atoms with E-state index < -0.39 is 0 Å². The van der Waals surface area contributed by atoms with Crippen LogP contribution in [0.1, 0.15) is 46.5 Å². The highest BCUT2D eigenvalue weighted by atomic mass is 16.2. The molecule has 1 amide bonds. The minimum absolute atomic E-state index is 0.0525. The molecule has 0 aliphatic carbocycles. The zero-order chi connectivity index (χ0) is 12.6. The summed E-state index contributed by atoms with van der Waals surface area (Å²) in [4.78, 5) is 33.0. The van der Waals surface area contributed by atoms with E-state index in [2.05, 4.69) is 5.32 Å². The lowest BCUT2D eigenvalue weighted by Crippen LogP contribution is -2.27. The van der Waals surface area contributed by atoms with Gasteiger partial charge in [0.1, 0.15) is 11.6 Å². The molecule has 16 heavy (non-hydrogen) atoms. The molecule has 0 aromatic carbocycles. The standard InChI is InChI=1S/C12H21NO3/c1-9(2)11(15)6-4-5-7-12(16)13-8-10(3)14/h9H,4-8H2,1-3H3,(H,13,16). The van der Waals surface area contributed by atoms with Crippen LogP contribution in [0.5, 0.6) is 0 Å². The maximum atomic E-state index is 11.3. The lowest BCUT2D eigenvalue weighted by atomic mass is 10.0. The van der Waals surface area contributed by atoms with Gasteiger partial charge in [-0.15, -0.1) is 0 Å². The molecule has 0 heterocycles. The molecule has 92 valence electrons. The second kappa shape index (κ2) is 8.02. The van der Waals surface area contributed by atoms with Crippen molar-refractivity contribution in [1.29, 1.82) is 0 Å². The van der Waals surface area contributed by atoms with Crippen LogP contribution in [0.25, 0.3) is 0 Å². The quantitative estimate of drug-likeness (QED) is 0.639. The lowest BCUT2D eigenvalue weighted by Gasteiger charge is -2.04.